The molecule has 1 amide bonds. The summed E-state index contributed by atoms with van der Waals surface area (Å²) in [4.78, 5) is 19.1. The average molecular weight is 490 g/mol. The summed E-state index contributed by atoms with van der Waals surface area (Å²) in [5.74, 6) is 0.525. The number of hydrogen-bond donors (Lipinski definition) is 2. The molecule has 8 heteroatoms. The first-order chi connectivity index (χ1) is 12.8. The Balaban J connectivity index is 0.00000364. The van der Waals surface area contributed by atoms with Gasteiger partial charge in [-0.05, 0) is 12.5 Å². The third-order valence-corrected chi connectivity index (χ3v) is 4.26. The number of guanidine groups is 1. The number of nitrogens with one attached hydrogen (secondary N) is 2. The molecule has 2 rings (SSSR count). The van der Waals surface area contributed by atoms with E-state index in [4.69, 9.17) is 9.47 Å². The zero-order chi connectivity index (χ0) is 18.6. The highest BCUT2D eigenvalue weighted by Gasteiger charge is 2.27. The monoisotopic (exact) mass is 490 g/mol. The van der Waals surface area contributed by atoms with Gasteiger partial charge in [0.1, 0.15) is 0 Å². The van der Waals surface area contributed by atoms with E-state index in [1.54, 1.807) is 7.05 Å². The van der Waals surface area contributed by atoms with Crippen LogP contribution in [0.25, 0.3) is 0 Å². The molecule has 1 atom stereocenters. The Labute approximate surface area is 178 Å². The topological polar surface area (TPSA) is 75.2 Å². The molecule has 0 radical (unpaired) electrons. The van der Waals surface area contributed by atoms with Gasteiger partial charge in [-0.1, -0.05) is 30.3 Å². The molecule has 1 saturated heterocycles. The van der Waals surface area contributed by atoms with Crippen molar-refractivity contribution in [3.8, 4) is 0 Å². The van der Waals surface area contributed by atoms with Gasteiger partial charge in [-0.2, -0.15) is 0 Å². The second-order valence-corrected chi connectivity index (χ2v) is 5.98. The van der Waals surface area contributed by atoms with Crippen LogP contribution in [-0.4, -0.2) is 76.4 Å². The summed E-state index contributed by atoms with van der Waals surface area (Å²) in [6.45, 7) is 6.91. The lowest BCUT2D eigenvalue weighted by molar-refractivity contribution is -0.136. The maximum Gasteiger partial charge on any atom is 0.232 e. The van der Waals surface area contributed by atoms with Crippen LogP contribution in [0, 0.1) is 0 Å². The van der Waals surface area contributed by atoms with Crippen LogP contribution in [0.1, 0.15) is 18.4 Å². The Morgan fingerprint density at radius 3 is 2.59 bits per heavy atom. The van der Waals surface area contributed by atoms with E-state index in [0.29, 0.717) is 58.6 Å². The summed E-state index contributed by atoms with van der Waals surface area (Å²) < 4.78 is 10.7. The first-order valence-corrected chi connectivity index (χ1v) is 9.20. The van der Waals surface area contributed by atoms with Gasteiger partial charge < -0.3 is 25.0 Å². The zero-order valence-electron chi connectivity index (χ0n) is 16.1. The van der Waals surface area contributed by atoms with E-state index in [2.05, 4.69) is 15.6 Å². The molecule has 1 aliphatic heterocycles. The molecule has 27 heavy (non-hydrogen) atoms. The molecule has 7 nitrogen and oxygen atoms in total. The van der Waals surface area contributed by atoms with Gasteiger partial charge >= 0.3 is 0 Å². The van der Waals surface area contributed by atoms with Crippen molar-refractivity contribution in [3.63, 3.8) is 0 Å². The first kappa shape index (κ1) is 23.6. The van der Waals surface area contributed by atoms with Crippen LogP contribution < -0.4 is 10.6 Å². The highest BCUT2D eigenvalue weighted by atomic mass is 127. The maximum atomic E-state index is 13.0. The lowest BCUT2D eigenvalue weighted by atomic mass is 9.97. The number of nitrogens with zero attached hydrogens (tertiary/aromatic N) is 2. The number of rotatable bonds is 8. The van der Waals surface area contributed by atoms with E-state index < -0.39 is 0 Å². The van der Waals surface area contributed by atoms with E-state index in [-0.39, 0.29) is 35.8 Å². The molecular formula is C19H31IN4O3. The van der Waals surface area contributed by atoms with Crippen LogP contribution in [0.2, 0.25) is 0 Å². The summed E-state index contributed by atoms with van der Waals surface area (Å²) in [5.41, 5.74) is 1.00. The largest absolute Gasteiger partial charge is 0.380 e. The van der Waals surface area contributed by atoms with Crippen LogP contribution in [0.15, 0.2) is 35.3 Å². The minimum atomic E-state index is -0.264. The fourth-order valence-electron chi connectivity index (χ4n) is 2.84. The Hall–Kier alpha value is -1.39. The van der Waals surface area contributed by atoms with Gasteiger partial charge in [0.25, 0.3) is 0 Å². The van der Waals surface area contributed by atoms with Crippen molar-refractivity contribution in [2.75, 3.05) is 59.7 Å². The molecular weight excluding hydrogens is 459 g/mol. The zero-order valence-corrected chi connectivity index (χ0v) is 18.5. The summed E-state index contributed by atoms with van der Waals surface area (Å²) >= 11 is 0. The smallest absolute Gasteiger partial charge is 0.232 e. The van der Waals surface area contributed by atoms with Crippen LogP contribution in [0.4, 0.5) is 0 Å². The fraction of sp³-hybridized carbons (Fsp3) is 0.579. The van der Waals surface area contributed by atoms with Crippen LogP contribution in [0.3, 0.4) is 0 Å². The van der Waals surface area contributed by atoms with Crippen molar-refractivity contribution < 1.29 is 14.3 Å². The first-order valence-electron chi connectivity index (χ1n) is 9.20. The Morgan fingerprint density at radius 1 is 1.26 bits per heavy atom. The van der Waals surface area contributed by atoms with E-state index in [1.165, 1.54) is 0 Å². The van der Waals surface area contributed by atoms with Crippen molar-refractivity contribution in [1.29, 1.82) is 0 Å². The minimum absolute atomic E-state index is 0. The number of hydrogen-bond acceptors (Lipinski definition) is 4. The quantitative estimate of drug-likeness (QED) is 0.250. The molecule has 0 aliphatic carbocycles. The van der Waals surface area contributed by atoms with Crippen molar-refractivity contribution in [3.05, 3.63) is 35.9 Å². The predicted octanol–water partition coefficient (Wildman–Crippen LogP) is 1.45. The maximum absolute atomic E-state index is 13.0. The second kappa shape index (κ2) is 13.7. The summed E-state index contributed by atoms with van der Waals surface area (Å²) in [6.07, 6.45) is 0. The lowest BCUT2D eigenvalue weighted by Crippen LogP contribution is -2.47. The van der Waals surface area contributed by atoms with Crippen molar-refractivity contribution in [2.45, 2.75) is 12.8 Å². The van der Waals surface area contributed by atoms with Gasteiger partial charge in [0.2, 0.25) is 5.91 Å². The molecule has 1 aromatic carbocycles. The van der Waals surface area contributed by atoms with Crippen molar-refractivity contribution in [2.24, 2.45) is 4.99 Å². The second-order valence-electron chi connectivity index (χ2n) is 5.98. The molecule has 1 unspecified atom stereocenters. The minimum Gasteiger partial charge on any atom is -0.380 e. The Kier molecular flexibility index (Phi) is 12.0. The SMILES string of the molecule is CCOCCNC(=NC)NCC(C(=O)N1CCOCC1)c1ccccc1.I. The van der Waals surface area contributed by atoms with Gasteiger partial charge in [-0.25, -0.2) is 0 Å². The molecule has 1 fully saturated rings. The highest BCUT2D eigenvalue weighted by Crippen LogP contribution is 2.18. The lowest BCUT2D eigenvalue weighted by Gasteiger charge is -2.31. The Bertz CT molecular complexity index is 565. The van der Waals surface area contributed by atoms with Gasteiger partial charge in [-0.15, -0.1) is 24.0 Å². The predicted molar refractivity (Wildman–Crippen MR) is 118 cm³/mol. The van der Waals surface area contributed by atoms with Gasteiger partial charge in [0.15, 0.2) is 5.96 Å². The van der Waals surface area contributed by atoms with Crippen LogP contribution in [0.5, 0.6) is 0 Å². The molecule has 0 saturated carbocycles. The fourth-order valence-corrected chi connectivity index (χ4v) is 2.84. The number of benzene rings is 1. The van der Waals surface area contributed by atoms with Crippen LogP contribution in [-0.2, 0) is 14.3 Å². The number of carbonyl (C=O) groups is 1. The van der Waals surface area contributed by atoms with Crippen molar-refractivity contribution in [1.82, 2.24) is 15.5 Å². The standard InChI is InChI=1S/C19H30N4O3.HI/c1-3-25-12-9-21-19(20-2)22-15-17(16-7-5-4-6-8-16)18(24)23-10-13-26-14-11-23;/h4-8,17H,3,9-15H2,1-2H3,(H2,20,21,22);1H. The van der Waals surface area contributed by atoms with E-state index >= 15 is 0 Å². The number of amides is 1. The number of carbonyl (C=O) groups excluding carboxylic acids is 1. The summed E-state index contributed by atoms with van der Waals surface area (Å²) in [6, 6.07) is 9.88. The molecule has 1 aromatic rings. The van der Waals surface area contributed by atoms with Crippen molar-refractivity contribution >= 4 is 35.8 Å². The Morgan fingerprint density at radius 2 is 1.96 bits per heavy atom. The molecule has 2 N–H and O–H groups in total. The average Bonchev–Trinajstić information content (AvgIpc) is 2.71. The third kappa shape index (κ3) is 8.02. The molecule has 1 heterocycles. The summed E-state index contributed by atoms with van der Waals surface area (Å²) in [5, 5.41) is 6.47. The number of aliphatic imine (C=N–C) groups is 1. The summed E-state index contributed by atoms with van der Waals surface area (Å²) in [7, 11) is 1.72. The molecule has 0 bridgehead atoms. The normalized spacial score (nSPS) is 15.6. The molecule has 152 valence electrons. The number of ether oxygens (including phenoxy) is 2. The molecule has 0 aromatic heterocycles. The van der Waals surface area contributed by atoms with Gasteiger partial charge in [0, 0.05) is 39.8 Å². The van der Waals surface area contributed by atoms with Gasteiger partial charge in [0.05, 0.1) is 25.7 Å². The van der Waals surface area contributed by atoms with Crippen LogP contribution >= 0.6 is 24.0 Å². The van der Waals surface area contributed by atoms with E-state index in [1.807, 2.05) is 42.2 Å². The number of morpholine rings is 1. The number of halogens is 1. The highest BCUT2D eigenvalue weighted by molar-refractivity contribution is 14.0. The van der Waals surface area contributed by atoms with Gasteiger partial charge in [-0.3, -0.25) is 9.79 Å². The molecule has 0 spiro atoms. The van der Waals surface area contributed by atoms with E-state index in [0.717, 1.165) is 5.56 Å². The molecule has 1 aliphatic rings. The third-order valence-electron chi connectivity index (χ3n) is 4.26. The van der Waals surface area contributed by atoms with E-state index in [9.17, 15) is 4.79 Å².